The Hall–Kier alpha value is -1.40. The maximum atomic E-state index is 11.7. The fraction of sp³-hybridized carbons (Fsp3) is 0.455. The second-order valence-corrected chi connectivity index (χ2v) is 4.99. The molecule has 1 fully saturated rings. The molecule has 92 valence electrons. The highest BCUT2D eigenvalue weighted by atomic mass is 32.1. The van der Waals surface area contributed by atoms with Crippen molar-refractivity contribution in [1.29, 1.82) is 0 Å². The molecule has 1 aromatic rings. The molecular formula is C11H13NO4S. The second-order valence-electron chi connectivity index (χ2n) is 3.91. The van der Waals surface area contributed by atoms with Gasteiger partial charge in [-0.15, -0.1) is 11.3 Å². The van der Waals surface area contributed by atoms with Crippen LogP contribution in [0.5, 0.6) is 0 Å². The third-order valence-corrected chi connectivity index (χ3v) is 3.69. The highest BCUT2D eigenvalue weighted by Gasteiger charge is 2.18. The number of carbonyl (C=O) groups excluding carboxylic acids is 1. The number of carbonyl (C=O) groups is 2. The SMILES string of the molecule is O=C(O)c1ccc(C(=O)NCC2CCOC2)s1. The van der Waals surface area contributed by atoms with Gasteiger partial charge in [-0.25, -0.2) is 4.79 Å². The monoisotopic (exact) mass is 255 g/mol. The van der Waals surface area contributed by atoms with Crippen molar-refractivity contribution in [3.8, 4) is 0 Å². The highest BCUT2D eigenvalue weighted by molar-refractivity contribution is 7.15. The van der Waals surface area contributed by atoms with Gasteiger partial charge in [0.15, 0.2) is 0 Å². The summed E-state index contributed by atoms with van der Waals surface area (Å²) in [7, 11) is 0. The Morgan fingerprint density at radius 2 is 2.24 bits per heavy atom. The van der Waals surface area contributed by atoms with Crippen LogP contribution in [0.25, 0.3) is 0 Å². The van der Waals surface area contributed by atoms with E-state index in [0.29, 0.717) is 23.9 Å². The van der Waals surface area contributed by atoms with Gasteiger partial charge in [0.05, 0.1) is 11.5 Å². The molecule has 0 saturated carbocycles. The zero-order valence-corrected chi connectivity index (χ0v) is 9.96. The molecule has 0 aliphatic carbocycles. The predicted molar refractivity (Wildman–Crippen MR) is 62.5 cm³/mol. The Morgan fingerprint density at radius 3 is 2.82 bits per heavy atom. The average Bonchev–Trinajstić information content (AvgIpc) is 2.96. The van der Waals surface area contributed by atoms with E-state index in [4.69, 9.17) is 9.84 Å². The summed E-state index contributed by atoms with van der Waals surface area (Å²) in [5, 5.41) is 11.5. The van der Waals surface area contributed by atoms with E-state index >= 15 is 0 Å². The molecule has 1 aromatic heterocycles. The molecule has 1 atom stereocenters. The first-order chi connectivity index (χ1) is 8.16. The van der Waals surface area contributed by atoms with Crippen molar-refractivity contribution >= 4 is 23.2 Å². The minimum atomic E-state index is -1.00. The van der Waals surface area contributed by atoms with Crippen molar-refractivity contribution in [3.05, 3.63) is 21.9 Å². The van der Waals surface area contributed by atoms with Crippen LogP contribution in [0, 0.1) is 5.92 Å². The van der Waals surface area contributed by atoms with Crippen LogP contribution >= 0.6 is 11.3 Å². The lowest BCUT2D eigenvalue weighted by Crippen LogP contribution is -2.28. The van der Waals surface area contributed by atoms with E-state index < -0.39 is 5.97 Å². The van der Waals surface area contributed by atoms with Crippen LogP contribution in [0.3, 0.4) is 0 Å². The fourth-order valence-electron chi connectivity index (χ4n) is 1.64. The van der Waals surface area contributed by atoms with Gasteiger partial charge >= 0.3 is 5.97 Å². The summed E-state index contributed by atoms with van der Waals surface area (Å²) in [5.41, 5.74) is 0. The summed E-state index contributed by atoms with van der Waals surface area (Å²) in [5.74, 6) is -0.842. The van der Waals surface area contributed by atoms with E-state index in [1.165, 1.54) is 12.1 Å². The van der Waals surface area contributed by atoms with E-state index in [0.717, 1.165) is 24.4 Å². The molecular weight excluding hydrogens is 242 g/mol. The second kappa shape index (κ2) is 5.29. The maximum absolute atomic E-state index is 11.7. The van der Waals surface area contributed by atoms with E-state index in [2.05, 4.69) is 5.32 Å². The third kappa shape index (κ3) is 3.04. The molecule has 0 aromatic carbocycles. The van der Waals surface area contributed by atoms with Gasteiger partial charge in [-0.3, -0.25) is 4.79 Å². The summed E-state index contributed by atoms with van der Waals surface area (Å²) >= 11 is 0.989. The van der Waals surface area contributed by atoms with Crippen molar-refractivity contribution in [3.63, 3.8) is 0 Å². The number of hydrogen-bond acceptors (Lipinski definition) is 4. The molecule has 17 heavy (non-hydrogen) atoms. The summed E-state index contributed by atoms with van der Waals surface area (Å²) in [4.78, 5) is 23.0. The first-order valence-electron chi connectivity index (χ1n) is 5.36. The lowest BCUT2D eigenvalue weighted by molar-refractivity contribution is 0.0702. The largest absolute Gasteiger partial charge is 0.477 e. The molecule has 0 spiro atoms. The Balaban J connectivity index is 1.87. The lowest BCUT2D eigenvalue weighted by Gasteiger charge is -2.07. The molecule has 5 nitrogen and oxygen atoms in total. The molecule has 6 heteroatoms. The Kier molecular flexibility index (Phi) is 3.75. The summed E-state index contributed by atoms with van der Waals surface area (Å²) in [6.45, 7) is 2.02. The predicted octanol–water partition coefficient (Wildman–Crippen LogP) is 1.21. The van der Waals surface area contributed by atoms with Gasteiger partial charge in [-0.1, -0.05) is 0 Å². The van der Waals surface area contributed by atoms with Crippen LogP contribution in [0.2, 0.25) is 0 Å². The van der Waals surface area contributed by atoms with Gasteiger partial charge in [0.1, 0.15) is 4.88 Å². The summed E-state index contributed by atoms with van der Waals surface area (Å²) < 4.78 is 5.20. The Labute approximate surface area is 102 Å². The van der Waals surface area contributed by atoms with Crippen LogP contribution in [-0.4, -0.2) is 36.7 Å². The molecule has 2 heterocycles. The number of aromatic carboxylic acids is 1. The van der Waals surface area contributed by atoms with Crippen LogP contribution < -0.4 is 5.32 Å². The van der Waals surface area contributed by atoms with Gasteiger partial charge in [0, 0.05) is 19.1 Å². The van der Waals surface area contributed by atoms with Crippen molar-refractivity contribution in [1.82, 2.24) is 5.32 Å². The normalized spacial score (nSPS) is 19.2. The highest BCUT2D eigenvalue weighted by Crippen LogP contribution is 2.17. The molecule has 1 aliphatic heterocycles. The Morgan fingerprint density at radius 1 is 1.47 bits per heavy atom. The zero-order valence-electron chi connectivity index (χ0n) is 9.14. The first-order valence-corrected chi connectivity index (χ1v) is 6.17. The van der Waals surface area contributed by atoms with Crippen molar-refractivity contribution in [2.75, 3.05) is 19.8 Å². The van der Waals surface area contributed by atoms with Gasteiger partial charge in [0.25, 0.3) is 5.91 Å². The number of ether oxygens (including phenoxy) is 1. The molecule has 0 bridgehead atoms. The van der Waals surface area contributed by atoms with Crippen molar-refractivity contribution < 1.29 is 19.4 Å². The number of carboxylic acids is 1. The maximum Gasteiger partial charge on any atom is 0.345 e. The molecule has 2 rings (SSSR count). The van der Waals surface area contributed by atoms with E-state index in [-0.39, 0.29) is 10.8 Å². The lowest BCUT2D eigenvalue weighted by atomic mass is 10.1. The number of hydrogen-bond donors (Lipinski definition) is 2. The van der Waals surface area contributed by atoms with E-state index in [1.807, 2.05) is 0 Å². The zero-order chi connectivity index (χ0) is 12.3. The van der Waals surface area contributed by atoms with Gasteiger partial charge in [-0.2, -0.15) is 0 Å². The minimum absolute atomic E-state index is 0.180. The molecule has 1 unspecified atom stereocenters. The quantitative estimate of drug-likeness (QED) is 0.848. The van der Waals surface area contributed by atoms with Crippen molar-refractivity contribution in [2.45, 2.75) is 6.42 Å². The number of carboxylic acid groups (broad SMARTS) is 1. The fourth-order valence-corrected chi connectivity index (χ4v) is 2.40. The summed E-state index contributed by atoms with van der Waals surface area (Å²) in [6, 6.07) is 2.98. The van der Waals surface area contributed by atoms with Crippen LogP contribution in [0.4, 0.5) is 0 Å². The molecule has 1 amide bonds. The third-order valence-electron chi connectivity index (χ3n) is 2.62. The molecule has 0 radical (unpaired) electrons. The summed E-state index contributed by atoms with van der Waals surface area (Å²) in [6.07, 6.45) is 0.963. The van der Waals surface area contributed by atoms with Crippen LogP contribution in [-0.2, 0) is 4.74 Å². The van der Waals surface area contributed by atoms with Crippen LogP contribution in [0.1, 0.15) is 25.8 Å². The van der Waals surface area contributed by atoms with E-state index in [9.17, 15) is 9.59 Å². The van der Waals surface area contributed by atoms with E-state index in [1.54, 1.807) is 0 Å². The van der Waals surface area contributed by atoms with Gasteiger partial charge in [-0.05, 0) is 18.6 Å². The minimum Gasteiger partial charge on any atom is -0.477 e. The number of nitrogens with one attached hydrogen (secondary N) is 1. The molecule has 1 aliphatic rings. The Bertz CT molecular complexity index is 423. The first kappa shape index (κ1) is 12.1. The van der Waals surface area contributed by atoms with Gasteiger partial charge in [0.2, 0.25) is 0 Å². The number of rotatable bonds is 4. The smallest absolute Gasteiger partial charge is 0.345 e. The number of thiophene rings is 1. The standard InChI is InChI=1S/C11H13NO4S/c13-10(12-5-7-3-4-16-6-7)8-1-2-9(17-8)11(14)15/h1-2,7H,3-6H2,(H,12,13)(H,14,15). The number of amides is 1. The van der Waals surface area contributed by atoms with Crippen molar-refractivity contribution in [2.24, 2.45) is 5.92 Å². The average molecular weight is 255 g/mol. The molecule has 1 saturated heterocycles. The van der Waals surface area contributed by atoms with Crippen LogP contribution in [0.15, 0.2) is 12.1 Å². The molecule has 2 N–H and O–H groups in total. The van der Waals surface area contributed by atoms with Gasteiger partial charge < -0.3 is 15.2 Å². The topological polar surface area (TPSA) is 75.6 Å².